The Labute approximate surface area is 152 Å². The first kappa shape index (κ1) is 17.7. The van der Waals surface area contributed by atoms with Gasteiger partial charge in [0.15, 0.2) is 11.5 Å². The molecule has 1 aliphatic rings. The summed E-state index contributed by atoms with van der Waals surface area (Å²) in [5.74, 6) is 1.37. The number of non-ortho nitro benzene ring substituents is 1. The maximum atomic E-state index is 10.8. The lowest BCUT2D eigenvalue weighted by molar-refractivity contribution is -0.384. The maximum absolute atomic E-state index is 10.8. The summed E-state index contributed by atoms with van der Waals surface area (Å²) < 4.78 is 10.7. The summed E-state index contributed by atoms with van der Waals surface area (Å²) in [5, 5.41) is 17.5. The second-order valence-corrected chi connectivity index (χ2v) is 6.03. The molecule has 0 amide bonds. The van der Waals surface area contributed by atoms with Crippen LogP contribution in [0.5, 0.6) is 11.5 Å². The third kappa shape index (κ3) is 3.93. The van der Waals surface area contributed by atoms with Gasteiger partial charge in [-0.25, -0.2) is 0 Å². The quantitative estimate of drug-likeness (QED) is 0.584. The molecular formula is C19H21N3O4. The van der Waals surface area contributed by atoms with Crippen LogP contribution in [0.25, 0.3) is 0 Å². The van der Waals surface area contributed by atoms with Crippen molar-refractivity contribution in [3.8, 4) is 11.5 Å². The largest absolute Gasteiger partial charge is 0.493 e. The van der Waals surface area contributed by atoms with Crippen LogP contribution >= 0.6 is 0 Å². The van der Waals surface area contributed by atoms with E-state index in [4.69, 9.17) is 14.6 Å². The Bertz CT molecular complexity index is 818. The monoisotopic (exact) mass is 355 g/mol. The van der Waals surface area contributed by atoms with E-state index in [1.807, 2.05) is 23.2 Å². The minimum absolute atomic E-state index is 0.0990. The Balaban J connectivity index is 1.77. The Morgan fingerprint density at radius 1 is 1.12 bits per heavy atom. The molecule has 1 heterocycles. The fourth-order valence-electron chi connectivity index (χ4n) is 2.97. The highest BCUT2D eigenvalue weighted by molar-refractivity contribution is 6.01. The van der Waals surface area contributed by atoms with Crippen molar-refractivity contribution in [2.45, 2.75) is 19.4 Å². The molecule has 0 aromatic heterocycles. The molecule has 0 bridgehead atoms. The van der Waals surface area contributed by atoms with Crippen LogP contribution < -0.4 is 9.47 Å². The minimum atomic E-state index is -0.391. The predicted molar refractivity (Wildman–Crippen MR) is 98.8 cm³/mol. The number of hydrazone groups is 1. The summed E-state index contributed by atoms with van der Waals surface area (Å²) >= 11 is 0. The first-order valence-corrected chi connectivity index (χ1v) is 8.39. The normalized spacial score (nSPS) is 13.9. The number of hydrogen-bond donors (Lipinski definition) is 0. The van der Waals surface area contributed by atoms with E-state index >= 15 is 0 Å². The predicted octanol–water partition coefficient (Wildman–Crippen LogP) is 3.61. The van der Waals surface area contributed by atoms with E-state index in [2.05, 4.69) is 0 Å². The molecule has 7 nitrogen and oxygen atoms in total. The Morgan fingerprint density at radius 3 is 2.50 bits per heavy atom. The number of rotatable bonds is 6. The summed E-state index contributed by atoms with van der Waals surface area (Å²) in [6.07, 6.45) is 1.90. The average Bonchev–Trinajstić information content (AvgIpc) is 2.68. The molecule has 136 valence electrons. The molecule has 0 unspecified atom stereocenters. The number of ether oxygens (including phenoxy) is 2. The van der Waals surface area contributed by atoms with Crippen molar-refractivity contribution >= 4 is 11.4 Å². The zero-order valence-corrected chi connectivity index (χ0v) is 14.8. The van der Waals surface area contributed by atoms with E-state index in [1.165, 1.54) is 12.1 Å². The van der Waals surface area contributed by atoms with Gasteiger partial charge in [-0.1, -0.05) is 12.1 Å². The number of nitro benzene ring substituents is 1. The van der Waals surface area contributed by atoms with Gasteiger partial charge in [0.05, 0.1) is 31.4 Å². The zero-order valence-electron chi connectivity index (χ0n) is 14.8. The molecule has 0 spiro atoms. The van der Waals surface area contributed by atoms with Gasteiger partial charge in [-0.2, -0.15) is 5.10 Å². The van der Waals surface area contributed by atoms with Crippen molar-refractivity contribution in [1.29, 1.82) is 0 Å². The van der Waals surface area contributed by atoms with Crippen LogP contribution in [0.3, 0.4) is 0 Å². The van der Waals surface area contributed by atoms with Gasteiger partial charge in [0, 0.05) is 24.2 Å². The minimum Gasteiger partial charge on any atom is -0.493 e. The second kappa shape index (κ2) is 7.86. The highest BCUT2D eigenvalue weighted by Crippen LogP contribution is 2.29. The van der Waals surface area contributed by atoms with Crippen molar-refractivity contribution in [2.75, 3.05) is 20.8 Å². The molecule has 0 fully saturated rings. The highest BCUT2D eigenvalue weighted by atomic mass is 16.6. The van der Waals surface area contributed by atoms with Gasteiger partial charge in [0.2, 0.25) is 0 Å². The highest BCUT2D eigenvalue weighted by Gasteiger charge is 2.16. The third-order valence-electron chi connectivity index (χ3n) is 4.32. The molecule has 26 heavy (non-hydrogen) atoms. The van der Waals surface area contributed by atoms with Crippen LogP contribution in [0.1, 0.15) is 24.0 Å². The van der Waals surface area contributed by atoms with Crippen LogP contribution in [-0.4, -0.2) is 36.4 Å². The molecule has 0 saturated carbocycles. The lowest BCUT2D eigenvalue weighted by atomic mass is 10.0. The van der Waals surface area contributed by atoms with E-state index in [1.54, 1.807) is 26.4 Å². The van der Waals surface area contributed by atoms with Crippen molar-refractivity contribution in [1.82, 2.24) is 5.01 Å². The molecule has 0 atom stereocenters. The third-order valence-corrected chi connectivity index (χ3v) is 4.32. The summed E-state index contributed by atoms with van der Waals surface area (Å²) in [6, 6.07) is 12.4. The van der Waals surface area contributed by atoms with E-state index in [0.717, 1.165) is 36.2 Å². The topological polar surface area (TPSA) is 77.2 Å². The first-order chi connectivity index (χ1) is 12.6. The summed E-state index contributed by atoms with van der Waals surface area (Å²) in [6.45, 7) is 1.47. The van der Waals surface area contributed by atoms with E-state index in [0.29, 0.717) is 18.0 Å². The molecule has 0 N–H and O–H groups in total. The summed E-state index contributed by atoms with van der Waals surface area (Å²) in [7, 11) is 3.23. The zero-order chi connectivity index (χ0) is 18.5. The van der Waals surface area contributed by atoms with E-state index < -0.39 is 4.92 Å². The van der Waals surface area contributed by atoms with Crippen molar-refractivity contribution in [3.63, 3.8) is 0 Å². The lowest BCUT2D eigenvalue weighted by Gasteiger charge is -2.25. The van der Waals surface area contributed by atoms with Crippen LogP contribution in [0, 0.1) is 10.1 Å². The standard InChI is InChI=1S/C19H21N3O4/c1-25-18-10-7-15(12-19(18)26-2)17-4-3-11-21(20-17)13-14-5-8-16(9-6-14)22(23)24/h5-10,12H,3-4,11,13H2,1-2H3. The van der Waals surface area contributed by atoms with Crippen LogP contribution in [0.4, 0.5) is 5.69 Å². The number of methoxy groups -OCH3 is 2. The first-order valence-electron chi connectivity index (χ1n) is 8.39. The molecule has 0 radical (unpaired) electrons. The van der Waals surface area contributed by atoms with Gasteiger partial charge in [-0.3, -0.25) is 15.1 Å². The molecule has 2 aromatic rings. The van der Waals surface area contributed by atoms with Crippen LogP contribution in [-0.2, 0) is 6.54 Å². The molecule has 1 aliphatic heterocycles. The van der Waals surface area contributed by atoms with Crippen molar-refractivity contribution < 1.29 is 14.4 Å². The number of benzene rings is 2. The van der Waals surface area contributed by atoms with Gasteiger partial charge < -0.3 is 9.47 Å². The Kier molecular flexibility index (Phi) is 5.36. The Morgan fingerprint density at radius 2 is 1.85 bits per heavy atom. The SMILES string of the molecule is COc1ccc(C2=NN(Cc3ccc([N+](=O)[O-])cc3)CCC2)cc1OC. The fourth-order valence-corrected chi connectivity index (χ4v) is 2.97. The van der Waals surface area contributed by atoms with Crippen molar-refractivity contribution in [3.05, 3.63) is 63.7 Å². The smallest absolute Gasteiger partial charge is 0.269 e. The van der Waals surface area contributed by atoms with Crippen molar-refractivity contribution in [2.24, 2.45) is 5.10 Å². The van der Waals surface area contributed by atoms with E-state index in [-0.39, 0.29) is 5.69 Å². The van der Waals surface area contributed by atoms with Crippen LogP contribution in [0.2, 0.25) is 0 Å². The van der Waals surface area contributed by atoms with Gasteiger partial charge >= 0.3 is 0 Å². The second-order valence-electron chi connectivity index (χ2n) is 6.03. The Hall–Kier alpha value is -3.09. The molecule has 0 saturated heterocycles. The van der Waals surface area contributed by atoms with Gasteiger partial charge in [-0.05, 0) is 36.6 Å². The van der Waals surface area contributed by atoms with Gasteiger partial charge in [-0.15, -0.1) is 0 Å². The maximum Gasteiger partial charge on any atom is 0.269 e. The molecule has 7 heteroatoms. The molecule has 2 aromatic carbocycles. The number of nitro groups is 1. The number of nitrogens with zero attached hydrogens (tertiary/aromatic N) is 3. The average molecular weight is 355 g/mol. The fraction of sp³-hybridized carbons (Fsp3) is 0.316. The number of hydrogen-bond acceptors (Lipinski definition) is 6. The molecular weight excluding hydrogens is 334 g/mol. The van der Waals surface area contributed by atoms with Gasteiger partial charge in [0.1, 0.15) is 0 Å². The summed E-state index contributed by atoms with van der Waals surface area (Å²) in [4.78, 5) is 10.4. The van der Waals surface area contributed by atoms with E-state index in [9.17, 15) is 10.1 Å². The van der Waals surface area contributed by atoms with Crippen LogP contribution in [0.15, 0.2) is 47.6 Å². The molecule has 0 aliphatic carbocycles. The summed E-state index contributed by atoms with van der Waals surface area (Å²) in [5.41, 5.74) is 3.10. The molecule has 3 rings (SSSR count). The van der Waals surface area contributed by atoms with Gasteiger partial charge in [0.25, 0.3) is 5.69 Å². The lowest BCUT2D eigenvalue weighted by Crippen LogP contribution is -2.26.